The van der Waals surface area contributed by atoms with Crippen molar-refractivity contribution in [3.8, 4) is 0 Å². The summed E-state index contributed by atoms with van der Waals surface area (Å²) in [5.74, 6) is 0. The maximum Gasteiger partial charge on any atom is 0.0897 e. The first-order chi connectivity index (χ1) is 9.74. The predicted octanol–water partition coefficient (Wildman–Crippen LogP) is 3.59. The molecule has 1 saturated heterocycles. The van der Waals surface area contributed by atoms with E-state index in [1.807, 2.05) is 6.07 Å². The van der Waals surface area contributed by atoms with E-state index in [4.69, 9.17) is 9.97 Å². The average Bonchev–Trinajstić information content (AvgIpc) is 2.89. The van der Waals surface area contributed by atoms with Crippen LogP contribution in [0, 0.1) is 0 Å². The van der Waals surface area contributed by atoms with Crippen molar-refractivity contribution in [1.82, 2.24) is 9.97 Å². The number of nitrogens with zero attached hydrogens (tertiary/aromatic N) is 2. The molecule has 3 rings (SSSR count). The zero-order chi connectivity index (χ0) is 14.1. The quantitative estimate of drug-likeness (QED) is 0.810. The van der Waals surface area contributed by atoms with Crippen LogP contribution in [-0.2, 0) is 0 Å². The average molecular weight is 304 g/mol. The summed E-state index contributed by atoms with van der Waals surface area (Å²) in [5, 5.41) is 0. The smallest absolute Gasteiger partial charge is 0.0897 e. The standard InChI is InChI=1S/C16H22N2P2/c1-3-11-9-10-12(4-2)20(11)16-15(19)17-13-7-5-6-8-14(13)18-16/h5-8,11-12H,3-4,9-10,19H2,1-2H3/t11-,12-/m1/s1. The van der Waals surface area contributed by atoms with Crippen LogP contribution in [0.1, 0.15) is 39.5 Å². The Morgan fingerprint density at radius 1 is 1.05 bits per heavy atom. The van der Waals surface area contributed by atoms with Gasteiger partial charge in [0.1, 0.15) is 0 Å². The lowest BCUT2D eigenvalue weighted by Crippen LogP contribution is -2.29. The van der Waals surface area contributed by atoms with Crippen LogP contribution in [0.5, 0.6) is 0 Å². The molecule has 0 amide bonds. The maximum absolute atomic E-state index is 5.00. The monoisotopic (exact) mass is 304 g/mol. The van der Waals surface area contributed by atoms with Gasteiger partial charge in [-0.05, 0) is 57.1 Å². The summed E-state index contributed by atoms with van der Waals surface area (Å²) < 4.78 is 0. The van der Waals surface area contributed by atoms with Crippen molar-refractivity contribution in [2.24, 2.45) is 0 Å². The van der Waals surface area contributed by atoms with Gasteiger partial charge in [0, 0.05) is 0 Å². The molecule has 2 nitrogen and oxygen atoms in total. The van der Waals surface area contributed by atoms with Gasteiger partial charge in [0.05, 0.1) is 21.9 Å². The molecule has 1 aromatic heterocycles. The number of rotatable bonds is 3. The van der Waals surface area contributed by atoms with E-state index in [-0.39, 0.29) is 7.92 Å². The van der Waals surface area contributed by atoms with E-state index in [0.717, 1.165) is 27.8 Å². The Kier molecular flexibility index (Phi) is 4.34. The highest BCUT2D eigenvalue weighted by molar-refractivity contribution is 7.68. The van der Waals surface area contributed by atoms with Crippen LogP contribution < -0.4 is 10.9 Å². The minimum absolute atomic E-state index is 0.156. The third kappa shape index (κ3) is 2.49. The Bertz CT molecular complexity index is 602. The van der Waals surface area contributed by atoms with Crippen molar-refractivity contribution in [1.29, 1.82) is 0 Å². The molecular formula is C16H22N2P2. The topological polar surface area (TPSA) is 25.8 Å². The number of hydrogen-bond donors (Lipinski definition) is 0. The van der Waals surface area contributed by atoms with E-state index < -0.39 is 0 Å². The van der Waals surface area contributed by atoms with Crippen molar-refractivity contribution < 1.29 is 0 Å². The van der Waals surface area contributed by atoms with Crippen molar-refractivity contribution in [2.75, 3.05) is 0 Å². The highest BCUT2D eigenvalue weighted by Crippen LogP contribution is 2.56. The predicted molar refractivity (Wildman–Crippen MR) is 92.8 cm³/mol. The Morgan fingerprint density at radius 3 is 2.15 bits per heavy atom. The minimum atomic E-state index is -0.156. The van der Waals surface area contributed by atoms with Crippen LogP contribution in [0.15, 0.2) is 24.3 Å². The number of fused-ring (bicyclic) bond motifs is 1. The van der Waals surface area contributed by atoms with Crippen LogP contribution >= 0.6 is 17.2 Å². The molecule has 1 fully saturated rings. The fraction of sp³-hybridized carbons (Fsp3) is 0.500. The van der Waals surface area contributed by atoms with Crippen molar-refractivity contribution >= 4 is 39.1 Å². The van der Waals surface area contributed by atoms with Crippen LogP contribution in [0.3, 0.4) is 0 Å². The van der Waals surface area contributed by atoms with Gasteiger partial charge in [0.15, 0.2) is 0 Å². The molecule has 106 valence electrons. The summed E-state index contributed by atoms with van der Waals surface area (Å²) in [5.41, 5.74) is 6.10. The van der Waals surface area contributed by atoms with E-state index in [1.165, 1.54) is 31.1 Å². The van der Waals surface area contributed by atoms with Gasteiger partial charge in [-0.3, -0.25) is 0 Å². The second-order valence-electron chi connectivity index (χ2n) is 5.53. The van der Waals surface area contributed by atoms with Gasteiger partial charge in [-0.25, -0.2) is 9.97 Å². The van der Waals surface area contributed by atoms with E-state index in [9.17, 15) is 0 Å². The van der Waals surface area contributed by atoms with E-state index in [2.05, 4.69) is 41.3 Å². The summed E-state index contributed by atoms with van der Waals surface area (Å²) in [6, 6.07) is 8.23. The van der Waals surface area contributed by atoms with Crippen molar-refractivity contribution in [3.63, 3.8) is 0 Å². The van der Waals surface area contributed by atoms with Gasteiger partial charge in [0.25, 0.3) is 0 Å². The molecule has 0 saturated carbocycles. The number of aromatic nitrogens is 2. The molecule has 0 N–H and O–H groups in total. The minimum Gasteiger partial charge on any atom is -0.245 e. The van der Waals surface area contributed by atoms with Gasteiger partial charge >= 0.3 is 0 Å². The SMILES string of the molecule is CC[C@@H]1CC[C@@H](CC)P1c1nc2ccccc2nc1P. The Morgan fingerprint density at radius 2 is 1.60 bits per heavy atom. The van der Waals surface area contributed by atoms with E-state index >= 15 is 0 Å². The summed E-state index contributed by atoms with van der Waals surface area (Å²) in [6.45, 7) is 4.66. The zero-order valence-electron chi connectivity index (χ0n) is 12.2. The lowest BCUT2D eigenvalue weighted by atomic mass is 10.1. The number of benzene rings is 1. The second-order valence-corrected chi connectivity index (χ2v) is 8.78. The first kappa shape index (κ1) is 14.4. The molecule has 20 heavy (non-hydrogen) atoms. The summed E-state index contributed by atoms with van der Waals surface area (Å²) in [7, 11) is 2.67. The van der Waals surface area contributed by atoms with Crippen molar-refractivity contribution in [3.05, 3.63) is 24.3 Å². The second kappa shape index (κ2) is 6.04. The Labute approximate surface area is 124 Å². The van der Waals surface area contributed by atoms with Crippen molar-refractivity contribution in [2.45, 2.75) is 50.8 Å². The number of hydrogen-bond acceptors (Lipinski definition) is 2. The van der Waals surface area contributed by atoms with Gasteiger partial charge in [-0.1, -0.05) is 35.2 Å². The molecule has 1 aliphatic rings. The molecule has 1 aromatic carbocycles. The lowest BCUT2D eigenvalue weighted by molar-refractivity contribution is 0.696. The van der Waals surface area contributed by atoms with Gasteiger partial charge in [-0.15, -0.1) is 0 Å². The third-order valence-electron chi connectivity index (χ3n) is 4.39. The Hall–Kier alpha value is -0.580. The molecule has 2 heterocycles. The molecule has 0 spiro atoms. The normalized spacial score (nSPS) is 23.6. The van der Waals surface area contributed by atoms with Gasteiger partial charge in [-0.2, -0.15) is 0 Å². The number of para-hydroxylation sites is 2. The molecule has 0 radical (unpaired) electrons. The molecule has 1 aliphatic heterocycles. The van der Waals surface area contributed by atoms with E-state index in [0.29, 0.717) is 0 Å². The molecule has 0 bridgehead atoms. The van der Waals surface area contributed by atoms with Gasteiger partial charge < -0.3 is 0 Å². The zero-order valence-corrected chi connectivity index (χ0v) is 14.3. The Balaban J connectivity index is 2.09. The molecule has 1 unspecified atom stereocenters. The van der Waals surface area contributed by atoms with Crippen LogP contribution in [-0.4, -0.2) is 21.3 Å². The molecule has 0 aliphatic carbocycles. The summed E-state index contributed by atoms with van der Waals surface area (Å²) >= 11 is 0. The van der Waals surface area contributed by atoms with E-state index in [1.54, 1.807) is 0 Å². The third-order valence-corrected chi connectivity index (χ3v) is 8.67. The summed E-state index contributed by atoms with van der Waals surface area (Å²) in [4.78, 5) is 9.77. The molecule has 3 atom stereocenters. The highest BCUT2D eigenvalue weighted by Gasteiger charge is 2.36. The first-order valence-electron chi connectivity index (χ1n) is 7.55. The first-order valence-corrected chi connectivity index (χ1v) is 9.61. The fourth-order valence-electron chi connectivity index (χ4n) is 3.30. The molecule has 2 aromatic rings. The lowest BCUT2D eigenvalue weighted by Gasteiger charge is -2.25. The van der Waals surface area contributed by atoms with Crippen LogP contribution in [0.4, 0.5) is 0 Å². The van der Waals surface area contributed by atoms with Crippen LogP contribution in [0.2, 0.25) is 0 Å². The molecule has 4 heteroatoms. The largest absolute Gasteiger partial charge is 0.245 e. The summed E-state index contributed by atoms with van der Waals surface area (Å²) in [6.07, 6.45) is 5.31. The highest BCUT2D eigenvalue weighted by atomic mass is 31.1. The molecular weight excluding hydrogens is 282 g/mol. The van der Waals surface area contributed by atoms with Crippen LogP contribution in [0.25, 0.3) is 11.0 Å². The fourth-order valence-corrected chi connectivity index (χ4v) is 7.42. The van der Waals surface area contributed by atoms with Gasteiger partial charge in [0.2, 0.25) is 0 Å². The maximum atomic E-state index is 5.00.